The Hall–Kier alpha value is -1.96. The summed E-state index contributed by atoms with van der Waals surface area (Å²) in [6.45, 7) is 3.03. The Bertz CT molecular complexity index is 393. The van der Waals surface area contributed by atoms with Crippen LogP contribution >= 0.6 is 0 Å². The second-order valence-corrected chi connectivity index (χ2v) is 3.55. The number of hydrogen-bond donors (Lipinski definition) is 0. The van der Waals surface area contributed by atoms with E-state index >= 15 is 0 Å². The molecule has 0 bridgehead atoms. The lowest BCUT2D eigenvalue weighted by Gasteiger charge is -1.95. The number of benzene rings is 1. The van der Waals surface area contributed by atoms with Crippen molar-refractivity contribution < 1.29 is 9.59 Å². The SMILES string of the molecule is CC(=O)C=Cc1ccc(C=CC(C)=O)cc1. The van der Waals surface area contributed by atoms with Gasteiger partial charge in [-0.15, -0.1) is 0 Å². The molecule has 2 heteroatoms. The van der Waals surface area contributed by atoms with E-state index in [4.69, 9.17) is 0 Å². The fourth-order valence-electron chi connectivity index (χ4n) is 1.15. The predicted octanol–water partition coefficient (Wildman–Crippen LogP) is 2.89. The average Bonchev–Trinajstić information content (AvgIpc) is 2.25. The Morgan fingerprint density at radius 3 is 1.38 bits per heavy atom. The molecule has 82 valence electrons. The van der Waals surface area contributed by atoms with Crippen LogP contribution in [0.15, 0.2) is 36.4 Å². The van der Waals surface area contributed by atoms with E-state index in [1.165, 1.54) is 26.0 Å². The zero-order valence-corrected chi connectivity index (χ0v) is 9.44. The Morgan fingerprint density at radius 2 is 1.12 bits per heavy atom. The van der Waals surface area contributed by atoms with Gasteiger partial charge in [-0.05, 0) is 37.1 Å². The van der Waals surface area contributed by atoms with E-state index in [0.717, 1.165) is 11.1 Å². The number of hydrogen-bond acceptors (Lipinski definition) is 2. The summed E-state index contributed by atoms with van der Waals surface area (Å²) in [6, 6.07) is 7.61. The molecule has 1 aromatic carbocycles. The highest BCUT2D eigenvalue weighted by Crippen LogP contribution is 2.07. The molecule has 0 spiro atoms. The van der Waals surface area contributed by atoms with E-state index < -0.39 is 0 Å². The molecule has 0 heterocycles. The first kappa shape index (κ1) is 12.1. The van der Waals surface area contributed by atoms with Gasteiger partial charge >= 0.3 is 0 Å². The van der Waals surface area contributed by atoms with Crippen LogP contribution in [0.5, 0.6) is 0 Å². The average molecular weight is 214 g/mol. The maximum absolute atomic E-state index is 10.7. The van der Waals surface area contributed by atoms with E-state index in [1.54, 1.807) is 12.2 Å². The van der Waals surface area contributed by atoms with Crippen molar-refractivity contribution in [1.82, 2.24) is 0 Å². The van der Waals surface area contributed by atoms with Crippen LogP contribution in [0, 0.1) is 0 Å². The molecule has 0 radical (unpaired) electrons. The molecule has 0 aliphatic heterocycles. The van der Waals surface area contributed by atoms with Crippen LogP contribution in [0.2, 0.25) is 0 Å². The zero-order chi connectivity index (χ0) is 12.0. The van der Waals surface area contributed by atoms with Gasteiger partial charge in [0.2, 0.25) is 0 Å². The van der Waals surface area contributed by atoms with Crippen LogP contribution in [0.25, 0.3) is 12.2 Å². The Labute approximate surface area is 95.3 Å². The molecule has 0 fully saturated rings. The molecule has 0 N–H and O–H groups in total. The highest BCUT2D eigenvalue weighted by atomic mass is 16.1. The largest absolute Gasteiger partial charge is 0.295 e. The van der Waals surface area contributed by atoms with E-state index in [9.17, 15) is 9.59 Å². The van der Waals surface area contributed by atoms with Crippen molar-refractivity contribution in [1.29, 1.82) is 0 Å². The topological polar surface area (TPSA) is 34.1 Å². The molecule has 0 aromatic heterocycles. The number of carbonyl (C=O) groups is 2. The fourth-order valence-corrected chi connectivity index (χ4v) is 1.15. The summed E-state index contributed by atoms with van der Waals surface area (Å²) in [5.74, 6) is 0.0566. The molecule has 0 saturated carbocycles. The van der Waals surface area contributed by atoms with Crippen molar-refractivity contribution in [3.63, 3.8) is 0 Å². The number of rotatable bonds is 4. The third-order valence-electron chi connectivity index (χ3n) is 1.96. The van der Waals surface area contributed by atoms with Crippen LogP contribution in [0.1, 0.15) is 25.0 Å². The van der Waals surface area contributed by atoms with E-state index in [1.807, 2.05) is 24.3 Å². The summed E-state index contributed by atoms with van der Waals surface area (Å²) >= 11 is 0. The molecule has 0 saturated heterocycles. The third-order valence-corrected chi connectivity index (χ3v) is 1.96. The minimum Gasteiger partial charge on any atom is -0.295 e. The summed E-state index contributed by atoms with van der Waals surface area (Å²) in [5.41, 5.74) is 1.94. The molecule has 16 heavy (non-hydrogen) atoms. The lowest BCUT2D eigenvalue weighted by molar-refractivity contribution is -0.113. The van der Waals surface area contributed by atoms with Gasteiger partial charge in [0, 0.05) is 0 Å². The Morgan fingerprint density at radius 1 is 0.812 bits per heavy atom. The van der Waals surface area contributed by atoms with Crippen LogP contribution < -0.4 is 0 Å². The second kappa shape index (κ2) is 5.81. The third kappa shape index (κ3) is 4.51. The molecule has 1 rings (SSSR count). The Balaban J connectivity index is 2.75. The summed E-state index contributed by atoms with van der Waals surface area (Å²) in [5, 5.41) is 0. The summed E-state index contributed by atoms with van der Waals surface area (Å²) < 4.78 is 0. The highest BCUT2D eigenvalue weighted by Gasteiger charge is 1.90. The quantitative estimate of drug-likeness (QED) is 0.722. The van der Waals surface area contributed by atoms with Gasteiger partial charge in [-0.1, -0.05) is 36.4 Å². The van der Waals surface area contributed by atoms with Crippen molar-refractivity contribution in [3.05, 3.63) is 47.5 Å². The first-order chi connectivity index (χ1) is 7.58. The van der Waals surface area contributed by atoms with Gasteiger partial charge in [-0.2, -0.15) is 0 Å². The van der Waals surface area contributed by atoms with E-state index in [2.05, 4.69) is 0 Å². The van der Waals surface area contributed by atoms with Gasteiger partial charge in [-0.3, -0.25) is 9.59 Å². The summed E-state index contributed by atoms with van der Waals surface area (Å²) in [6.07, 6.45) is 6.59. The minimum absolute atomic E-state index is 0.0283. The molecule has 0 aliphatic rings. The summed E-state index contributed by atoms with van der Waals surface area (Å²) in [7, 11) is 0. The van der Waals surface area contributed by atoms with Crippen LogP contribution in [-0.4, -0.2) is 11.6 Å². The lowest BCUT2D eigenvalue weighted by Crippen LogP contribution is -1.82. The normalized spacial score (nSPS) is 11.1. The first-order valence-electron chi connectivity index (χ1n) is 5.05. The highest BCUT2D eigenvalue weighted by molar-refractivity contribution is 5.92. The van der Waals surface area contributed by atoms with Crippen LogP contribution in [0.4, 0.5) is 0 Å². The first-order valence-corrected chi connectivity index (χ1v) is 5.05. The number of carbonyl (C=O) groups excluding carboxylic acids is 2. The van der Waals surface area contributed by atoms with Gasteiger partial charge in [0.25, 0.3) is 0 Å². The fraction of sp³-hybridized carbons (Fsp3) is 0.143. The van der Waals surface area contributed by atoms with Crippen LogP contribution in [-0.2, 0) is 9.59 Å². The van der Waals surface area contributed by atoms with E-state index in [-0.39, 0.29) is 11.6 Å². The maximum Gasteiger partial charge on any atom is 0.152 e. The van der Waals surface area contributed by atoms with Crippen molar-refractivity contribution in [2.75, 3.05) is 0 Å². The number of allylic oxidation sites excluding steroid dienone is 2. The summed E-state index contributed by atoms with van der Waals surface area (Å²) in [4.78, 5) is 21.5. The molecular weight excluding hydrogens is 200 g/mol. The van der Waals surface area contributed by atoms with Crippen molar-refractivity contribution in [3.8, 4) is 0 Å². The van der Waals surface area contributed by atoms with Gasteiger partial charge < -0.3 is 0 Å². The van der Waals surface area contributed by atoms with Gasteiger partial charge in [0.15, 0.2) is 11.6 Å². The van der Waals surface area contributed by atoms with E-state index in [0.29, 0.717) is 0 Å². The second-order valence-electron chi connectivity index (χ2n) is 3.55. The molecule has 2 nitrogen and oxygen atoms in total. The van der Waals surface area contributed by atoms with Crippen LogP contribution in [0.3, 0.4) is 0 Å². The molecule has 0 amide bonds. The van der Waals surface area contributed by atoms with Gasteiger partial charge in [0.05, 0.1) is 0 Å². The molecular formula is C14H14O2. The molecule has 0 atom stereocenters. The minimum atomic E-state index is 0.0283. The molecule has 1 aromatic rings. The van der Waals surface area contributed by atoms with Crippen molar-refractivity contribution in [2.24, 2.45) is 0 Å². The monoisotopic (exact) mass is 214 g/mol. The predicted molar refractivity (Wildman–Crippen MR) is 65.9 cm³/mol. The zero-order valence-electron chi connectivity index (χ0n) is 9.44. The van der Waals surface area contributed by atoms with Gasteiger partial charge in [0.1, 0.15) is 0 Å². The lowest BCUT2D eigenvalue weighted by atomic mass is 10.1. The maximum atomic E-state index is 10.7. The number of ketones is 2. The van der Waals surface area contributed by atoms with Crippen molar-refractivity contribution >= 4 is 23.7 Å². The molecule has 0 aliphatic carbocycles. The van der Waals surface area contributed by atoms with Crippen molar-refractivity contribution in [2.45, 2.75) is 13.8 Å². The Kier molecular flexibility index (Phi) is 4.40. The van der Waals surface area contributed by atoms with Gasteiger partial charge in [-0.25, -0.2) is 0 Å². The molecule has 0 unspecified atom stereocenters. The smallest absolute Gasteiger partial charge is 0.152 e. The standard InChI is InChI=1S/C14H14O2/c1-11(15)3-5-13-7-9-14(10-8-13)6-4-12(2)16/h3-10H,1-2H3.